The Labute approximate surface area is 266 Å². The van der Waals surface area contributed by atoms with Crippen molar-refractivity contribution in [1.29, 1.82) is 0 Å². The van der Waals surface area contributed by atoms with Crippen molar-refractivity contribution in [3.63, 3.8) is 0 Å². The van der Waals surface area contributed by atoms with Crippen LogP contribution in [0.25, 0.3) is 0 Å². The van der Waals surface area contributed by atoms with E-state index in [1.165, 1.54) is 18.1 Å². The number of benzene rings is 3. The monoisotopic (exact) mass is 724 g/mol. The maximum absolute atomic E-state index is 14.0. The third kappa shape index (κ3) is 8.30. The van der Waals surface area contributed by atoms with E-state index in [0.29, 0.717) is 17.9 Å². The molecule has 234 valence electrons. The average Bonchev–Trinajstić information content (AvgIpc) is 3.02. The van der Waals surface area contributed by atoms with Crippen molar-refractivity contribution in [2.24, 2.45) is 0 Å². The van der Waals surface area contributed by atoms with Crippen molar-refractivity contribution in [1.82, 2.24) is 10.2 Å². The zero-order valence-corrected chi connectivity index (χ0v) is 25.9. The maximum Gasteiger partial charge on any atom is 0.416 e. The van der Waals surface area contributed by atoms with Crippen molar-refractivity contribution in [3.05, 3.63) is 105 Å². The summed E-state index contributed by atoms with van der Waals surface area (Å²) in [6.07, 6.45) is -5.16. The lowest BCUT2D eigenvalue weighted by molar-refractivity contribution is -0.137. The fourth-order valence-corrected chi connectivity index (χ4v) is 5.44. The third-order valence-electron chi connectivity index (χ3n) is 7.21. The van der Waals surface area contributed by atoms with E-state index in [1.807, 2.05) is 18.2 Å². The van der Waals surface area contributed by atoms with Crippen LogP contribution in [0.3, 0.4) is 0 Å². The molecule has 0 spiro atoms. The van der Waals surface area contributed by atoms with Crippen LogP contribution in [0.2, 0.25) is 0 Å². The van der Waals surface area contributed by atoms with E-state index < -0.39 is 41.8 Å². The Bertz CT molecular complexity index is 1480. The first-order valence-corrected chi connectivity index (χ1v) is 14.9. The van der Waals surface area contributed by atoms with Crippen LogP contribution in [0, 0.1) is 3.57 Å². The number of halogens is 4. The van der Waals surface area contributed by atoms with E-state index in [4.69, 9.17) is 9.47 Å². The van der Waals surface area contributed by atoms with E-state index in [0.717, 1.165) is 33.4 Å². The summed E-state index contributed by atoms with van der Waals surface area (Å²) in [6, 6.07) is 17.2. The van der Waals surface area contributed by atoms with Gasteiger partial charge in [0, 0.05) is 30.6 Å². The number of para-hydroxylation sites is 1. The first-order chi connectivity index (χ1) is 21.0. The molecule has 0 aliphatic heterocycles. The summed E-state index contributed by atoms with van der Waals surface area (Å²) in [6.45, 7) is -0.225. The number of nitrogens with one attached hydrogen (secondary N) is 1. The molecule has 3 atom stereocenters. The zero-order valence-electron chi connectivity index (χ0n) is 23.8. The second-order valence-corrected chi connectivity index (χ2v) is 11.3. The minimum absolute atomic E-state index is 0.00442. The number of carbonyl (C=O) groups is 2. The Kier molecular flexibility index (Phi) is 11.3. The molecule has 44 heavy (non-hydrogen) atoms. The molecule has 3 aromatic carbocycles. The largest absolute Gasteiger partial charge is 0.497 e. The molecule has 3 unspecified atom stereocenters. The molecule has 4 rings (SSSR count). The number of hydrogen-bond donors (Lipinski definition) is 3. The van der Waals surface area contributed by atoms with Gasteiger partial charge < -0.3 is 29.9 Å². The normalized spacial score (nSPS) is 18.2. The molecular formula is C32H32F3IN2O6. The molecule has 0 aromatic heterocycles. The van der Waals surface area contributed by atoms with Crippen molar-refractivity contribution in [3.8, 4) is 11.5 Å². The minimum atomic E-state index is -4.58. The number of aliphatic hydroxyl groups is 2. The van der Waals surface area contributed by atoms with E-state index in [1.54, 1.807) is 30.3 Å². The van der Waals surface area contributed by atoms with Gasteiger partial charge in [-0.25, -0.2) is 0 Å². The molecule has 3 N–H and O–H groups in total. The molecule has 0 saturated carbocycles. The van der Waals surface area contributed by atoms with Gasteiger partial charge in [0.25, 0.3) is 5.91 Å². The summed E-state index contributed by atoms with van der Waals surface area (Å²) < 4.78 is 51.9. The lowest BCUT2D eigenvalue weighted by atomic mass is 9.87. The highest BCUT2D eigenvalue weighted by Gasteiger charge is 2.41. The van der Waals surface area contributed by atoms with E-state index in [-0.39, 0.29) is 37.3 Å². The van der Waals surface area contributed by atoms with Crippen molar-refractivity contribution in [2.75, 3.05) is 26.8 Å². The number of nitrogens with zero attached hydrogens (tertiary/aromatic N) is 1. The van der Waals surface area contributed by atoms with Gasteiger partial charge in [-0.3, -0.25) is 9.59 Å². The Morgan fingerprint density at radius 2 is 1.80 bits per heavy atom. The summed E-state index contributed by atoms with van der Waals surface area (Å²) in [7, 11) is 1.53. The molecule has 12 heteroatoms. The van der Waals surface area contributed by atoms with Crippen LogP contribution in [-0.2, 0) is 17.4 Å². The Hall–Kier alpha value is -3.62. The number of ether oxygens (including phenoxy) is 2. The highest BCUT2D eigenvalue weighted by Crippen LogP contribution is 2.32. The highest BCUT2D eigenvalue weighted by atomic mass is 127. The number of amides is 2. The first-order valence-electron chi connectivity index (χ1n) is 13.8. The fourth-order valence-electron chi connectivity index (χ4n) is 4.93. The molecule has 0 bridgehead atoms. The van der Waals surface area contributed by atoms with E-state index >= 15 is 0 Å². The van der Waals surface area contributed by atoms with Gasteiger partial charge in [0.2, 0.25) is 5.91 Å². The van der Waals surface area contributed by atoms with Gasteiger partial charge in [-0.05, 0) is 89.2 Å². The predicted octanol–water partition coefficient (Wildman–Crippen LogP) is 4.62. The average molecular weight is 725 g/mol. The molecule has 0 heterocycles. The van der Waals surface area contributed by atoms with E-state index in [2.05, 4.69) is 27.9 Å². The maximum atomic E-state index is 14.0. The second kappa shape index (κ2) is 14.9. The van der Waals surface area contributed by atoms with Crippen molar-refractivity contribution >= 4 is 34.4 Å². The fraction of sp³-hybridized carbons (Fsp3) is 0.312. The lowest BCUT2D eigenvalue weighted by Crippen LogP contribution is -2.55. The van der Waals surface area contributed by atoms with Gasteiger partial charge in [0.05, 0.1) is 28.9 Å². The van der Waals surface area contributed by atoms with Gasteiger partial charge >= 0.3 is 6.18 Å². The molecule has 1 aliphatic rings. The summed E-state index contributed by atoms with van der Waals surface area (Å²) in [5.74, 6) is -0.0450. The summed E-state index contributed by atoms with van der Waals surface area (Å²) in [5.41, 5.74) is 0.150. The van der Waals surface area contributed by atoms with Gasteiger partial charge in [0.15, 0.2) is 0 Å². The lowest BCUT2D eigenvalue weighted by Gasteiger charge is -2.40. The van der Waals surface area contributed by atoms with Gasteiger partial charge in [0.1, 0.15) is 23.7 Å². The zero-order chi connectivity index (χ0) is 31.9. The third-order valence-corrected chi connectivity index (χ3v) is 8.10. The highest BCUT2D eigenvalue weighted by molar-refractivity contribution is 14.1. The molecule has 0 saturated heterocycles. The topological polar surface area (TPSA) is 108 Å². The first kappa shape index (κ1) is 33.3. The summed E-state index contributed by atoms with van der Waals surface area (Å²) in [5, 5.41) is 23.5. The number of carbonyl (C=O) groups excluding carboxylic acids is 2. The Morgan fingerprint density at radius 1 is 1.07 bits per heavy atom. The van der Waals surface area contributed by atoms with Crippen LogP contribution in [0.5, 0.6) is 11.5 Å². The van der Waals surface area contributed by atoms with Crippen LogP contribution in [0.15, 0.2) is 84.4 Å². The number of rotatable bonds is 11. The molecule has 8 nitrogen and oxygen atoms in total. The smallest absolute Gasteiger partial charge is 0.416 e. The predicted molar refractivity (Wildman–Crippen MR) is 165 cm³/mol. The van der Waals surface area contributed by atoms with Gasteiger partial charge in [-0.2, -0.15) is 13.2 Å². The minimum Gasteiger partial charge on any atom is -0.497 e. The van der Waals surface area contributed by atoms with Crippen molar-refractivity contribution in [2.45, 2.75) is 37.3 Å². The van der Waals surface area contributed by atoms with Crippen LogP contribution in [-0.4, -0.2) is 72.0 Å². The standard InChI is InChI=1S/C32H32F3IN2O6/c1-43-24-6-4-5-20(17-24)13-15-38(31(42)21-9-11-23(12-10-21)32(33,34)35)26-18-22(30(41)37-14-16-39)19-28(29(26)40)44-27-8-3-2-7-25(27)36/h2-12,17,19,26,28-29,39-40H,13-16,18H2,1H3,(H,37,41). The molecule has 2 amide bonds. The number of alkyl halides is 3. The molecular weight excluding hydrogens is 692 g/mol. The Balaban J connectivity index is 1.72. The van der Waals surface area contributed by atoms with Crippen molar-refractivity contribution < 1.29 is 42.4 Å². The van der Waals surface area contributed by atoms with Crippen LogP contribution in [0.1, 0.15) is 27.9 Å². The molecule has 3 aromatic rings. The Morgan fingerprint density at radius 3 is 2.45 bits per heavy atom. The quantitative estimate of drug-likeness (QED) is 0.250. The SMILES string of the molecule is COc1cccc(CCN(C(=O)c2ccc(C(F)(F)F)cc2)C2CC(C(=O)NCCO)=CC(Oc3ccccc3I)C2O)c1. The number of methoxy groups -OCH3 is 1. The van der Waals surface area contributed by atoms with E-state index in [9.17, 15) is 33.0 Å². The number of aliphatic hydroxyl groups excluding tert-OH is 2. The van der Waals surface area contributed by atoms with Gasteiger partial charge in [-0.15, -0.1) is 0 Å². The van der Waals surface area contributed by atoms with Crippen LogP contribution < -0.4 is 14.8 Å². The van der Waals surface area contributed by atoms with Crippen LogP contribution in [0.4, 0.5) is 13.2 Å². The molecule has 1 aliphatic carbocycles. The van der Waals surface area contributed by atoms with Gasteiger partial charge in [-0.1, -0.05) is 24.3 Å². The second-order valence-electron chi connectivity index (χ2n) is 10.1. The summed E-state index contributed by atoms with van der Waals surface area (Å²) in [4.78, 5) is 28.4. The summed E-state index contributed by atoms with van der Waals surface area (Å²) >= 11 is 2.08. The molecule has 0 radical (unpaired) electrons. The molecule has 0 fully saturated rings. The van der Waals surface area contributed by atoms with Crippen LogP contribution >= 0.6 is 22.6 Å². The number of hydrogen-bond acceptors (Lipinski definition) is 6.